The first-order chi connectivity index (χ1) is 22.7. The van der Waals surface area contributed by atoms with E-state index >= 15 is 0 Å². The molecule has 0 atom stereocenters. The summed E-state index contributed by atoms with van der Waals surface area (Å²) in [5, 5.41) is 22.3. The Labute approximate surface area is 273 Å². The van der Waals surface area contributed by atoms with Gasteiger partial charge in [-0.3, -0.25) is 0 Å². The van der Waals surface area contributed by atoms with Crippen molar-refractivity contribution in [3.8, 4) is 5.69 Å². The highest BCUT2D eigenvalue weighted by Crippen LogP contribution is 2.42. The number of hydrogen-bond donors (Lipinski definition) is 1. The molecule has 0 bridgehead atoms. The third-order valence-electron chi connectivity index (χ3n) is 10.3. The molecule has 2 heterocycles. The monoisotopic (exact) mass is 611 g/mol. The first kappa shape index (κ1) is 28.2. The summed E-state index contributed by atoms with van der Waals surface area (Å²) in [7, 11) is 0.374. The minimum absolute atomic E-state index is 0.374. The Balaban J connectivity index is 1.32. The maximum absolute atomic E-state index is 10.6. The fraction of sp³-hybridized carbons (Fsp3) is 0.143. The van der Waals surface area contributed by atoms with Gasteiger partial charge in [0.05, 0.1) is 27.9 Å². The predicted molar refractivity (Wildman–Crippen MR) is 199 cm³/mol. The molecule has 0 spiro atoms. The van der Waals surface area contributed by atoms with Gasteiger partial charge in [-0.15, -0.1) is 0 Å². The van der Waals surface area contributed by atoms with Gasteiger partial charge in [-0.25, -0.2) is 0 Å². The zero-order valence-corrected chi connectivity index (χ0v) is 27.0. The summed E-state index contributed by atoms with van der Waals surface area (Å²) < 4.78 is 15.3. The van der Waals surface area contributed by atoms with Crippen molar-refractivity contribution < 1.29 is 14.2 Å². The van der Waals surface area contributed by atoms with Crippen LogP contribution in [0.15, 0.2) is 126 Å². The van der Waals surface area contributed by atoms with Crippen molar-refractivity contribution in [3.63, 3.8) is 0 Å². The Morgan fingerprint density at radius 3 is 1.72 bits per heavy atom. The third-order valence-corrected chi connectivity index (χ3v) is 10.3. The largest absolute Gasteiger partial charge is 0.455 e. The predicted octanol–water partition coefficient (Wildman–Crippen LogP) is 9.69. The lowest BCUT2D eigenvalue weighted by Gasteiger charge is -2.37. The van der Waals surface area contributed by atoms with E-state index in [4.69, 9.17) is 9.07 Å². The van der Waals surface area contributed by atoms with Gasteiger partial charge in [0.15, 0.2) is 0 Å². The van der Waals surface area contributed by atoms with Gasteiger partial charge in [0.1, 0.15) is 11.2 Å². The molecule has 9 rings (SSSR count). The molecule has 47 heavy (non-hydrogen) atoms. The summed E-state index contributed by atoms with van der Waals surface area (Å²) in [6.45, 7) is 7.39. The van der Waals surface area contributed by atoms with E-state index in [-0.39, 0.29) is 0 Å². The summed E-state index contributed by atoms with van der Waals surface area (Å²) in [4.78, 5) is 0. The van der Waals surface area contributed by atoms with Crippen LogP contribution in [-0.2, 0) is 4.65 Å². The molecule has 0 radical (unpaired) electrons. The highest BCUT2D eigenvalue weighted by Gasteiger charge is 2.35. The molecule has 1 N–H and O–H groups in total. The molecule has 0 aliphatic heterocycles. The second-order valence-corrected chi connectivity index (χ2v) is 13.9. The molecule has 0 fully saturated rings. The van der Waals surface area contributed by atoms with Crippen molar-refractivity contribution in [2.75, 3.05) is 0 Å². The van der Waals surface area contributed by atoms with Gasteiger partial charge in [-0.05, 0) is 91.1 Å². The Morgan fingerprint density at radius 2 is 1.13 bits per heavy atom. The van der Waals surface area contributed by atoms with Crippen molar-refractivity contribution >= 4 is 89.0 Å². The lowest BCUT2D eigenvalue weighted by molar-refractivity contribution is -0.0893. The molecule has 0 saturated heterocycles. The first-order valence-corrected chi connectivity index (χ1v) is 16.3. The van der Waals surface area contributed by atoms with Crippen LogP contribution in [0.1, 0.15) is 27.7 Å². The van der Waals surface area contributed by atoms with E-state index in [0.29, 0.717) is 7.48 Å². The Morgan fingerprint density at radius 1 is 0.574 bits per heavy atom. The van der Waals surface area contributed by atoms with E-state index in [1.807, 2.05) is 13.8 Å². The molecule has 0 unspecified atom stereocenters. The van der Waals surface area contributed by atoms with Gasteiger partial charge >= 0.3 is 7.48 Å². The summed E-state index contributed by atoms with van der Waals surface area (Å²) in [6.07, 6.45) is 0. The molecule has 228 valence electrons. The zero-order chi connectivity index (χ0) is 32.1. The van der Waals surface area contributed by atoms with E-state index in [0.717, 1.165) is 43.9 Å². The van der Waals surface area contributed by atoms with Gasteiger partial charge < -0.3 is 18.7 Å². The second-order valence-electron chi connectivity index (χ2n) is 13.9. The molecule has 5 heteroatoms. The molecule has 0 aliphatic carbocycles. The fourth-order valence-corrected chi connectivity index (χ4v) is 6.99. The van der Waals surface area contributed by atoms with Crippen LogP contribution >= 0.6 is 0 Å². The number of hydrogen-bond acceptors (Lipinski definition) is 3. The quantitative estimate of drug-likeness (QED) is 0.197. The Hall–Kier alpha value is -5.10. The zero-order valence-electron chi connectivity index (χ0n) is 27.0. The van der Waals surface area contributed by atoms with Crippen LogP contribution in [0.3, 0.4) is 0 Å². The molecule has 0 saturated carbocycles. The van der Waals surface area contributed by atoms with E-state index in [1.54, 1.807) is 13.8 Å². The lowest BCUT2D eigenvalue weighted by Crippen LogP contribution is -2.49. The van der Waals surface area contributed by atoms with E-state index in [1.165, 1.54) is 43.4 Å². The minimum Gasteiger partial charge on any atom is -0.455 e. The molecule has 9 aromatic rings. The van der Waals surface area contributed by atoms with Crippen LogP contribution < -0.4 is 5.46 Å². The molecular formula is C42H34BNO3. The normalized spacial score (nSPS) is 12.9. The Bertz CT molecular complexity index is 2620. The highest BCUT2D eigenvalue weighted by atomic mass is 16.5. The number of fused-ring (bicyclic) bond motifs is 10. The van der Waals surface area contributed by atoms with Crippen LogP contribution in [0.2, 0.25) is 0 Å². The van der Waals surface area contributed by atoms with Crippen molar-refractivity contribution in [1.82, 2.24) is 4.57 Å². The average Bonchev–Trinajstić information content (AvgIpc) is 3.58. The molecule has 0 amide bonds. The van der Waals surface area contributed by atoms with Crippen LogP contribution in [0.5, 0.6) is 0 Å². The highest BCUT2D eigenvalue weighted by molar-refractivity contribution is 6.47. The van der Waals surface area contributed by atoms with Crippen LogP contribution in [-0.4, -0.2) is 28.4 Å². The van der Waals surface area contributed by atoms with Gasteiger partial charge in [-0.1, -0.05) is 84.9 Å². The van der Waals surface area contributed by atoms with E-state index < -0.39 is 11.2 Å². The average molecular weight is 612 g/mol. The van der Waals surface area contributed by atoms with Crippen LogP contribution in [0, 0.1) is 0 Å². The minimum atomic E-state index is -0.975. The molecule has 0 aliphatic rings. The first-order valence-electron chi connectivity index (χ1n) is 16.3. The number of furan rings is 1. The second kappa shape index (κ2) is 9.95. The van der Waals surface area contributed by atoms with Crippen molar-refractivity contribution in [1.29, 1.82) is 0 Å². The van der Waals surface area contributed by atoms with E-state index in [9.17, 15) is 5.11 Å². The number of aliphatic hydroxyl groups is 1. The van der Waals surface area contributed by atoms with Crippen molar-refractivity contribution in [3.05, 3.63) is 121 Å². The summed E-state index contributed by atoms with van der Waals surface area (Å²) in [5.41, 5.74) is 4.51. The molecule has 7 aromatic carbocycles. The number of benzene rings is 7. The summed E-state index contributed by atoms with van der Waals surface area (Å²) in [6, 6.07) is 43.8. The maximum atomic E-state index is 10.6. The standard InChI is InChI=1S/C42H34BNO3/c1-41(2,45)42(3,4)47-43-29-17-18-31-35-24-38(30-15-9-10-16-32(30)40(35)46-39(31)23-29)44-36-21-27-13-7-5-11-25(27)19-33(36)34-20-26-12-6-8-14-28(26)22-37(34)44/h5-24,43,45H,1-4H3. The van der Waals surface area contributed by atoms with Gasteiger partial charge in [-0.2, -0.15) is 0 Å². The van der Waals surface area contributed by atoms with Gasteiger partial charge in [0.25, 0.3) is 0 Å². The van der Waals surface area contributed by atoms with Gasteiger partial charge in [0.2, 0.25) is 0 Å². The van der Waals surface area contributed by atoms with Crippen LogP contribution in [0.25, 0.3) is 81.7 Å². The van der Waals surface area contributed by atoms with Crippen molar-refractivity contribution in [2.24, 2.45) is 0 Å². The van der Waals surface area contributed by atoms with E-state index in [2.05, 4.69) is 126 Å². The summed E-state index contributed by atoms with van der Waals surface area (Å²) >= 11 is 0. The van der Waals surface area contributed by atoms with Crippen LogP contribution in [0.4, 0.5) is 0 Å². The molecule has 4 nitrogen and oxygen atoms in total. The SMILES string of the molecule is CC(C)(O)C(C)(C)OBc1ccc2c(c1)oc1c3ccccc3c(-n3c4cc5ccccc5cc4c4cc5ccccc5cc43)cc21. The molecule has 2 aromatic heterocycles. The number of rotatable bonds is 5. The molecular weight excluding hydrogens is 577 g/mol. The maximum Gasteiger partial charge on any atom is 0.309 e. The lowest BCUT2D eigenvalue weighted by atomic mass is 9.82. The topological polar surface area (TPSA) is 47.5 Å². The number of nitrogens with zero attached hydrogens (tertiary/aromatic N) is 1. The smallest absolute Gasteiger partial charge is 0.309 e. The van der Waals surface area contributed by atoms with Gasteiger partial charge in [0, 0.05) is 32.3 Å². The number of aromatic nitrogens is 1. The summed E-state index contributed by atoms with van der Waals surface area (Å²) in [5.74, 6) is 0. The fourth-order valence-electron chi connectivity index (χ4n) is 6.99. The van der Waals surface area contributed by atoms with Crippen molar-refractivity contribution in [2.45, 2.75) is 38.9 Å². The third kappa shape index (κ3) is 4.31. The Kier molecular flexibility index (Phi) is 5.96.